The van der Waals surface area contributed by atoms with E-state index in [-0.39, 0.29) is 11.2 Å². The van der Waals surface area contributed by atoms with E-state index in [0.717, 1.165) is 24.0 Å². The van der Waals surface area contributed by atoms with Gasteiger partial charge in [0.05, 0.1) is 5.41 Å². The lowest BCUT2D eigenvalue weighted by atomic mass is 9.50. The van der Waals surface area contributed by atoms with E-state index in [1.165, 1.54) is 0 Å². The van der Waals surface area contributed by atoms with Crippen LogP contribution in [0.25, 0.3) is 0 Å². The molecule has 0 aromatic heterocycles. The van der Waals surface area contributed by atoms with Gasteiger partial charge in [-0.15, -0.1) is 6.42 Å². The smallest absolute Gasteiger partial charge is 0.181 e. The van der Waals surface area contributed by atoms with Gasteiger partial charge in [-0.2, -0.15) is 0 Å². The van der Waals surface area contributed by atoms with Crippen molar-refractivity contribution in [2.75, 3.05) is 0 Å². The van der Waals surface area contributed by atoms with Crippen molar-refractivity contribution < 1.29 is 4.79 Å². The lowest BCUT2D eigenvalue weighted by molar-refractivity contribution is -0.111. The van der Waals surface area contributed by atoms with Crippen LogP contribution in [0.4, 0.5) is 0 Å². The van der Waals surface area contributed by atoms with Crippen molar-refractivity contribution >= 4 is 5.78 Å². The van der Waals surface area contributed by atoms with Gasteiger partial charge in [-0.25, -0.2) is 0 Å². The SMILES string of the molecule is [CH]C[C@]1(C)C2=CC(=O)C(C)=C[C@]2(C#C)CC[C@H]1C(C)C. The van der Waals surface area contributed by atoms with Gasteiger partial charge in [0.1, 0.15) is 0 Å². The minimum absolute atomic E-state index is 0.0787. The summed E-state index contributed by atoms with van der Waals surface area (Å²) in [5.41, 5.74) is 1.23. The highest BCUT2D eigenvalue weighted by Crippen LogP contribution is 2.59. The molecule has 2 rings (SSSR count). The van der Waals surface area contributed by atoms with Crippen LogP contribution < -0.4 is 0 Å². The summed E-state index contributed by atoms with van der Waals surface area (Å²) in [6.07, 6.45) is 12.1. The van der Waals surface area contributed by atoms with Gasteiger partial charge >= 0.3 is 0 Å². The zero-order valence-corrected chi connectivity index (χ0v) is 13.0. The molecule has 1 fully saturated rings. The molecule has 2 aliphatic rings. The van der Waals surface area contributed by atoms with Crippen molar-refractivity contribution in [1.82, 2.24) is 0 Å². The zero-order valence-electron chi connectivity index (χ0n) is 13.0. The van der Waals surface area contributed by atoms with Crippen molar-refractivity contribution in [3.63, 3.8) is 0 Å². The first-order valence-electron chi connectivity index (χ1n) is 7.45. The molecule has 0 spiro atoms. The largest absolute Gasteiger partial charge is 0.290 e. The third-order valence-corrected chi connectivity index (χ3v) is 5.38. The number of carbonyl (C=O) groups excluding carboxylic acids is 1. The molecular weight excluding hydrogens is 244 g/mol. The number of allylic oxidation sites excluding steroid dienone is 4. The molecule has 1 saturated carbocycles. The second-order valence-corrected chi connectivity index (χ2v) is 6.88. The molecule has 0 aliphatic heterocycles. The average Bonchev–Trinajstić information content (AvgIpc) is 2.41. The Morgan fingerprint density at radius 2 is 2.15 bits per heavy atom. The molecule has 1 heteroatoms. The minimum Gasteiger partial charge on any atom is -0.290 e. The van der Waals surface area contributed by atoms with Crippen LogP contribution in [0.5, 0.6) is 0 Å². The number of hydrogen-bond acceptors (Lipinski definition) is 1. The molecule has 0 bridgehead atoms. The van der Waals surface area contributed by atoms with E-state index in [2.05, 4.69) is 26.7 Å². The van der Waals surface area contributed by atoms with E-state index < -0.39 is 5.41 Å². The van der Waals surface area contributed by atoms with Crippen LogP contribution in [-0.2, 0) is 4.79 Å². The molecule has 2 aliphatic carbocycles. The zero-order chi connectivity index (χ0) is 15.1. The van der Waals surface area contributed by atoms with E-state index in [9.17, 15) is 4.79 Å². The van der Waals surface area contributed by atoms with Crippen LogP contribution >= 0.6 is 0 Å². The summed E-state index contributed by atoms with van der Waals surface area (Å²) in [6, 6.07) is 0. The molecule has 0 aromatic carbocycles. The van der Waals surface area contributed by atoms with Crippen molar-refractivity contribution in [2.24, 2.45) is 22.7 Å². The number of rotatable bonds is 2. The monoisotopic (exact) mass is 268 g/mol. The molecule has 0 unspecified atom stereocenters. The van der Waals surface area contributed by atoms with Crippen molar-refractivity contribution in [3.8, 4) is 12.3 Å². The van der Waals surface area contributed by atoms with Crippen LogP contribution in [0.3, 0.4) is 0 Å². The van der Waals surface area contributed by atoms with Crippen molar-refractivity contribution in [3.05, 3.63) is 30.2 Å². The van der Waals surface area contributed by atoms with Crippen LogP contribution in [0, 0.1) is 41.9 Å². The molecule has 20 heavy (non-hydrogen) atoms. The standard InChI is InChI=1S/C19H24O/c1-7-18(6)15(13(3)4)9-10-19(8-2)12-14(5)16(20)11-17(18)19/h1-2,11-13,15H,7,9-10H2,3-6H3/t15-,18-,19-/m0/s1. The summed E-state index contributed by atoms with van der Waals surface area (Å²) in [5, 5.41) is 0. The fourth-order valence-electron chi connectivity index (χ4n) is 4.20. The Bertz CT molecular complexity index is 528. The maximum atomic E-state index is 12.1. The first-order chi connectivity index (χ1) is 9.30. The van der Waals surface area contributed by atoms with Crippen LogP contribution in [0.15, 0.2) is 23.3 Å². The number of terminal acetylenes is 1. The molecule has 3 atom stereocenters. The second-order valence-electron chi connectivity index (χ2n) is 6.88. The molecule has 0 amide bonds. The molecule has 0 heterocycles. The summed E-state index contributed by atoms with van der Waals surface area (Å²) in [6.45, 7) is 14.6. The number of hydrogen-bond donors (Lipinski definition) is 0. The highest BCUT2D eigenvalue weighted by atomic mass is 16.1. The van der Waals surface area contributed by atoms with E-state index >= 15 is 0 Å². The Morgan fingerprint density at radius 3 is 2.65 bits per heavy atom. The molecule has 2 radical (unpaired) electrons. The third kappa shape index (κ3) is 1.97. The Kier molecular flexibility index (Phi) is 3.71. The van der Waals surface area contributed by atoms with Crippen LogP contribution in [0.1, 0.15) is 47.0 Å². The first-order valence-corrected chi connectivity index (χ1v) is 7.45. The normalized spacial score (nSPS) is 37.0. The van der Waals surface area contributed by atoms with Gasteiger partial charge < -0.3 is 0 Å². The van der Waals surface area contributed by atoms with Crippen molar-refractivity contribution in [2.45, 2.75) is 47.0 Å². The average molecular weight is 268 g/mol. The van der Waals surface area contributed by atoms with Gasteiger partial charge in [-0.3, -0.25) is 4.79 Å². The van der Waals surface area contributed by atoms with Gasteiger partial charge in [0, 0.05) is 0 Å². The highest BCUT2D eigenvalue weighted by Gasteiger charge is 2.51. The van der Waals surface area contributed by atoms with E-state index in [1.807, 2.05) is 13.0 Å². The van der Waals surface area contributed by atoms with Crippen LogP contribution in [0.2, 0.25) is 0 Å². The Labute approximate surface area is 123 Å². The van der Waals surface area contributed by atoms with E-state index in [1.54, 1.807) is 6.08 Å². The third-order valence-electron chi connectivity index (χ3n) is 5.38. The molecule has 0 aromatic rings. The molecule has 0 N–H and O–H groups in total. The lowest BCUT2D eigenvalue weighted by Crippen LogP contribution is -2.45. The molecule has 0 saturated heterocycles. The molecule has 106 valence electrons. The summed E-state index contributed by atoms with van der Waals surface area (Å²) >= 11 is 0. The summed E-state index contributed by atoms with van der Waals surface area (Å²) in [5.74, 6) is 4.05. The summed E-state index contributed by atoms with van der Waals surface area (Å²) in [7, 11) is 0. The molecule has 1 nitrogen and oxygen atoms in total. The van der Waals surface area contributed by atoms with Gasteiger partial charge in [0.2, 0.25) is 0 Å². The Morgan fingerprint density at radius 1 is 1.50 bits per heavy atom. The van der Waals surface area contributed by atoms with Crippen LogP contribution in [-0.4, -0.2) is 5.78 Å². The summed E-state index contributed by atoms with van der Waals surface area (Å²) in [4.78, 5) is 12.1. The first kappa shape index (κ1) is 15.1. The Hall–Kier alpha value is -1.29. The fraction of sp³-hybridized carbons (Fsp3) is 0.579. The predicted molar refractivity (Wildman–Crippen MR) is 82.7 cm³/mol. The predicted octanol–water partition coefficient (Wildman–Crippen LogP) is 4.23. The van der Waals surface area contributed by atoms with Gasteiger partial charge in [0.25, 0.3) is 0 Å². The van der Waals surface area contributed by atoms with Crippen molar-refractivity contribution in [1.29, 1.82) is 0 Å². The van der Waals surface area contributed by atoms with Gasteiger partial charge in [-0.1, -0.05) is 32.8 Å². The second kappa shape index (κ2) is 4.92. The maximum Gasteiger partial charge on any atom is 0.181 e. The highest BCUT2D eigenvalue weighted by molar-refractivity contribution is 6.05. The fourth-order valence-corrected chi connectivity index (χ4v) is 4.20. The van der Waals surface area contributed by atoms with E-state index in [4.69, 9.17) is 13.3 Å². The summed E-state index contributed by atoms with van der Waals surface area (Å²) < 4.78 is 0. The molecular formula is C19H24O. The quantitative estimate of drug-likeness (QED) is 0.685. The lowest BCUT2D eigenvalue weighted by Gasteiger charge is -2.53. The number of ketones is 1. The minimum atomic E-state index is -0.405. The number of carbonyl (C=O) groups is 1. The van der Waals surface area contributed by atoms with Gasteiger partial charge in [0.15, 0.2) is 5.78 Å². The maximum absolute atomic E-state index is 12.1. The number of fused-ring (bicyclic) bond motifs is 1. The topological polar surface area (TPSA) is 17.1 Å². The van der Waals surface area contributed by atoms with E-state index in [0.29, 0.717) is 18.3 Å². The van der Waals surface area contributed by atoms with Gasteiger partial charge in [-0.05, 0) is 67.6 Å². The Balaban J connectivity index is 2.60.